The molecule has 6 nitrogen and oxygen atoms in total. The van der Waals surface area contributed by atoms with E-state index in [4.69, 9.17) is 14.2 Å². The minimum absolute atomic E-state index is 0.0618. The van der Waals surface area contributed by atoms with Gasteiger partial charge in [-0.2, -0.15) is 0 Å². The van der Waals surface area contributed by atoms with Gasteiger partial charge in [-0.15, -0.1) is 0 Å². The molecule has 72 heavy (non-hydrogen) atoms. The van der Waals surface area contributed by atoms with Crippen molar-refractivity contribution in [2.45, 2.75) is 381 Å². The maximum atomic E-state index is 12.9. The maximum absolute atomic E-state index is 12.9. The van der Waals surface area contributed by atoms with Crippen LogP contribution in [-0.2, 0) is 28.6 Å². The normalized spacial score (nSPS) is 12.0. The van der Waals surface area contributed by atoms with Gasteiger partial charge in [0.25, 0.3) is 0 Å². The SMILES string of the molecule is CCCCCCCCCCCCCCCCCCCCCC(=O)OC[C@H](COC(=O)CCCCCCCCCCCCCC(C)C)OC(=O)CCCCCCCCCCCCCCCCCCCCC(C)C. The van der Waals surface area contributed by atoms with Crippen molar-refractivity contribution in [1.82, 2.24) is 0 Å². The molecular formula is C66H128O6. The molecule has 0 bridgehead atoms. The Labute approximate surface area is 450 Å². The standard InChI is InChI=1S/C66H128O6/c1-6-7-8-9-10-11-12-13-14-15-16-20-23-26-31-36-41-46-51-56-64(67)70-59-63(60-71-65(68)57-52-47-42-37-33-28-30-35-40-45-50-55-62(4)5)72-66(69)58-53-48-43-38-32-27-24-21-18-17-19-22-25-29-34-39-44-49-54-61(2)3/h61-63H,6-60H2,1-5H3/t63-/m1/s1. The summed E-state index contributed by atoms with van der Waals surface area (Å²) < 4.78 is 17.0. The molecule has 0 rings (SSSR count). The van der Waals surface area contributed by atoms with Gasteiger partial charge in [0.15, 0.2) is 6.10 Å². The number of carbonyl (C=O) groups is 3. The van der Waals surface area contributed by atoms with Crippen molar-refractivity contribution >= 4 is 17.9 Å². The lowest BCUT2D eigenvalue weighted by atomic mass is 10.0. The Morgan fingerprint density at radius 1 is 0.264 bits per heavy atom. The van der Waals surface area contributed by atoms with Crippen molar-refractivity contribution < 1.29 is 28.6 Å². The zero-order valence-electron chi connectivity index (χ0n) is 49.6. The lowest BCUT2D eigenvalue weighted by Crippen LogP contribution is -2.30. The Morgan fingerprint density at radius 2 is 0.458 bits per heavy atom. The summed E-state index contributed by atoms with van der Waals surface area (Å²) in [6.07, 6.45) is 65.4. The fourth-order valence-electron chi connectivity index (χ4n) is 10.3. The summed E-state index contributed by atoms with van der Waals surface area (Å²) in [4.78, 5) is 38.3. The number of rotatable bonds is 60. The van der Waals surface area contributed by atoms with Crippen LogP contribution in [-0.4, -0.2) is 37.2 Å². The largest absolute Gasteiger partial charge is 0.462 e. The second kappa shape index (κ2) is 58.7. The molecule has 0 unspecified atom stereocenters. The van der Waals surface area contributed by atoms with Crippen LogP contribution in [0, 0.1) is 11.8 Å². The topological polar surface area (TPSA) is 78.9 Å². The van der Waals surface area contributed by atoms with Crippen LogP contribution in [0.15, 0.2) is 0 Å². The molecule has 0 aliphatic heterocycles. The smallest absolute Gasteiger partial charge is 0.306 e. The van der Waals surface area contributed by atoms with Crippen molar-refractivity contribution in [3.05, 3.63) is 0 Å². The maximum Gasteiger partial charge on any atom is 0.306 e. The molecule has 0 aromatic rings. The van der Waals surface area contributed by atoms with E-state index in [-0.39, 0.29) is 31.1 Å². The second-order valence-electron chi connectivity index (χ2n) is 23.7. The lowest BCUT2D eigenvalue weighted by molar-refractivity contribution is -0.167. The summed E-state index contributed by atoms with van der Waals surface area (Å²) in [5, 5.41) is 0. The first-order chi connectivity index (χ1) is 35.2. The van der Waals surface area contributed by atoms with Crippen molar-refractivity contribution in [3.63, 3.8) is 0 Å². The summed E-state index contributed by atoms with van der Waals surface area (Å²) in [6.45, 7) is 11.5. The molecule has 0 aliphatic carbocycles. The van der Waals surface area contributed by atoms with Crippen molar-refractivity contribution in [3.8, 4) is 0 Å². The van der Waals surface area contributed by atoms with E-state index < -0.39 is 6.10 Å². The van der Waals surface area contributed by atoms with E-state index in [0.29, 0.717) is 19.3 Å². The van der Waals surface area contributed by atoms with Gasteiger partial charge in [-0.1, -0.05) is 336 Å². The quantitative estimate of drug-likeness (QED) is 0.0343. The van der Waals surface area contributed by atoms with Gasteiger partial charge in [-0.3, -0.25) is 14.4 Å². The highest BCUT2D eigenvalue weighted by Gasteiger charge is 2.19. The Bertz CT molecular complexity index is 1100. The third kappa shape index (κ3) is 59.3. The molecule has 0 fully saturated rings. The predicted molar refractivity (Wildman–Crippen MR) is 312 cm³/mol. The fraction of sp³-hybridized carbons (Fsp3) is 0.955. The first-order valence-electron chi connectivity index (χ1n) is 32.7. The van der Waals surface area contributed by atoms with Gasteiger partial charge in [0.05, 0.1) is 0 Å². The molecule has 0 aliphatic rings. The summed E-state index contributed by atoms with van der Waals surface area (Å²) in [5.41, 5.74) is 0. The van der Waals surface area contributed by atoms with Crippen LogP contribution in [0.5, 0.6) is 0 Å². The van der Waals surface area contributed by atoms with Crippen LogP contribution in [0.25, 0.3) is 0 Å². The Morgan fingerprint density at radius 3 is 0.681 bits per heavy atom. The van der Waals surface area contributed by atoms with Gasteiger partial charge in [0.1, 0.15) is 13.2 Å². The van der Waals surface area contributed by atoms with E-state index >= 15 is 0 Å². The second-order valence-corrected chi connectivity index (χ2v) is 23.7. The summed E-state index contributed by atoms with van der Waals surface area (Å²) >= 11 is 0. The lowest BCUT2D eigenvalue weighted by Gasteiger charge is -2.18. The molecule has 428 valence electrons. The number of ether oxygens (including phenoxy) is 3. The van der Waals surface area contributed by atoms with E-state index in [1.54, 1.807) is 0 Å². The fourth-order valence-corrected chi connectivity index (χ4v) is 10.3. The molecule has 0 saturated carbocycles. The van der Waals surface area contributed by atoms with Gasteiger partial charge in [-0.25, -0.2) is 0 Å². The third-order valence-corrected chi connectivity index (χ3v) is 15.2. The minimum atomic E-state index is -0.764. The van der Waals surface area contributed by atoms with Crippen LogP contribution in [0.3, 0.4) is 0 Å². The van der Waals surface area contributed by atoms with E-state index in [1.807, 2.05) is 0 Å². The summed E-state index contributed by atoms with van der Waals surface area (Å²) in [6, 6.07) is 0. The third-order valence-electron chi connectivity index (χ3n) is 15.2. The molecule has 0 heterocycles. The molecule has 0 radical (unpaired) electrons. The van der Waals surface area contributed by atoms with Crippen LogP contribution >= 0.6 is 0 Å². The number of hydrogen-bond donors (Lipinski definition) is 0. The predicted octanol–water partition coefficient (Wildman–Crippen LogP) is 22.0. The minimum Gasteiger partial charge on any atom is -0.462 e. The Kier molecular flexibility index (Phi) is 57.4. The van der Waals surface area contributed by atoms with Crippen molar-refractivity contribution in [1.29, 1.82) is 0 Å². The van der Waals surface area contributed by atoms with Crippen molar-refractivity contribution in [2.24, 2.45) is 11.8 Å². The zero-order valence-corrected chi connectivity index (χ0v) is 49.6. The highest BCUT2D eigenvalue weighted by Crippen LogP contribution is 2.19. The molecule has 0 aromatic heterocycles. The molecular weight excluding hydrogens is 889 g/mol. The van der Waals surface area contributed by atoms with Crippen LogP contribution in [0.4, 0.5) is 0 Å². The van der Waals surface area contributed by atoms with Gasteiger partial charge in [-0.05, 0) is 31.1 Å². The molecule has 6 heteroatoms. The Hall–Kier alpha value is -1.59. The van der Waals surface area contributed by atoms with E-state index in [0.717, 1.165) is 69.6 Å². The summed E-state index contributed by atoms with van der Waals surface area (Å²) in [7, 11) is 0. The Balaban J connectivity index is 4.26. The molecule has 0 N–H and O–H groups in total. The summed E-state index contributed by atoms with van der Waals surface area (Å²) in [5.74, 6) is 0.854. The first-order valence-corrected chi connectivity index (χ1v) is 32.7. The average Bonchev–Trinajstić information content (AvgIpc) is 3.36. The molecule has 1 atom stereocenters. The molecule has 0 aromatic carbocycles. The van der Waals surface area contributed by atoms with Gasteiger partial charge < -0.3 is 14.2 Å². The van der Waals surface area contributed by atoms with E-state index in [9.17, 15) is 14.4 Å². The monoisotopic (exact) mass is 1020 g/mol. The number of esters is 3. The van der Waals surface area contributed by atoms with E-state index in [2.05, 4.69) is 34.6 Å². The molecule has 0 saturated heterocycles. The average molecular weight is 1020 g/mol. The van der Waals surface area contributed by atoms with Crippen LogP contribution in [0.1, 0.15) is 375 Å². The first kappa shape index (κ1) is 70.4. The number of carbonyl (C=O) groups excluding carboxylic acids is 3. The number of hydrogen-bond acceptors (Lipinski definition) is 6. The highest BCUT2D eigenvalue weighted by atomic mass is 16.6. The van der Waals surface area contributed by atoms with Crippen LogP contribution in [0.2, 0.25) is 0 Å². The molecule has 0 amide bonds. The molecule has 0 spiro atoms. The van der Waals surface area contributed by atoms with Crippen LogP contribution < -0.4 is 0 Å². The zero-order chi connectivity index (χ0) is 52.5. The number of unbranched alkanes of at least 4 members (excludes halogenated alkanes) is 45. The highest BCUT2D eigenvalue weighted by molar-refractivity contribution is 5.71. The van der Waals surface area contributed by atoms with Gasteiger partial charge in [0, 0.05) is 19.3 Å². The van der Waals surface area contributed by atoms with Crippen molar-refractivity contribution in [2.75, 3.05) is 13.2 Å². The van der Waals surface area contributed by atoms with Gasteiger partial charge >= 0.3 is 17.9 Å². The van der Waals surface area contributed by atoms with Gasteiger partial charge in [0.2, 0.25) is 0 Å². The van der Waals surface area contributed by atoms with E-state index in [1.165, 1.54) is 263 Å².